The molecule has 0 aliphatic heterocycles. The van der Waals surface area contributed by atoms with Gasteiger partial charge in [-0.1, -0.05) is 0 Å². The molecule has 2 aromatic rings. The predicted molar refractivity (Wildman–Crippen MR) is 78.3 cm³/mol. The van der Waals surface area contributed by atoms with E-state index in [9.17, 15) is 0 Å². The molecule has 20 heavy (non-hydrogen) atoms. The molecule has 0 aliphatic rings. The van der Waals surface area contributed by atoms with Crippen LogP contribution in [0.1, 0.15) is 6.42 Å². The lowest BCUT2D eigenvalue weighted by atomic mass is 10.1. The quantitative estimate of drug-likeness (QED) is 0.836. The Bertz CT molecular complexity index is 649. The number of nitriles is 1. The van der Waals surface area contributed by atoms with Gasteiger partial charge in [-0.05, 0) is 23.6 Å². The highest BCUT2D eigenvalue weighted by Gasteiger charge is 2.12. The van der Waals surface area contributed by atoms with Crippen LogP contribution >= 0.6 is 0 Å². The predicted octanol–water partition coefficient (Wildman–Crippen LogP) is 2.60. The van der Waals surface area contributed by atoms with Gasteiger partial charge in [0.05, 0.1) is 26.7 Å². The highest BCUT2D eigenvalue weighted by atomic mass is 16.5. The van der Waals surface area contributed by atoms with Crippen molar-refractivity contribution in [2.24, 2.45) is 0 Å². The van der Waals surface area contributed by atoms with E-state index in [0.29, 0.717) is 24.5 Å². The van der Waals surface area contributed by atoms with Gasteiger partial charge in [0.15, 0.2) is 11.5 Å². The second kappa shape index (κ2) is 6.11. The van der Waals surface area contributed by atoms with Gasteiger partial charge in [0.1, 0.15) is 5.82 Å². The molecule has 5 heteroatoms. The highest BCUT2D eigenvalue weighted by Crippen LogP contribution is 2.35. The first-order chi connectivity index (χ1) is 9.71. The Morgan fingerprint density at radius 3 is 2.60 bits per heavy atom. The molecule has 0 amide bonds. The molecule has 0 fully saturated rings. The Balaban J connectivity index is 2.53. The third-order valence-electron chi connectivity index (χ3n) is 3.17. The molecule has 1 aromatic carbocycles. The van der Waals surface area contributed by atoms with Crippen LogP contribution < -0.4 is 14.4 Å². The van der Waals surface area contributed by atoms with Gasteiger partial charge in [-0.25, -0.2) is 4.98 Å². The lowest BCUT2D eigenvalue weighted by Gasteiger charge is -2.19. The van der Waals surface area contributed by atoms with Gasteiger partial charge in [-0.2, -0.15) is 5.26 Å². The normalized spacial score (nSPS) is 10.1. The fourth-order valence-electron chi connectivity index (χ4n) is 2.11. The number of anilines is 1. The summed E-state index contributed by atoms with van der Waals surface area (Å²) in [4.78, 5) is 6.38. The van der Waals surface area contributed by atoms with Crippen LogP contribution in [0.15, 0.2) is 24.4 Å². The summed E-state index contributed by atoms with van der Waals surface area (Å²) in [7, 11) is 5.15. The largest absolute Gasteiger partial charge is 0.493 e. The molecule has 0 radical (unpaired) electrons. The van der Waals surface area contributed by atoms with Gasteiger partial charge >= 0.3 is 0 Å². The molecule has 0 N–H and O–H groups in total. The van der Waals surface area contributed by atoms with E-state index in [2.05, 4.69) is 11.1 Å². The van der Waals surface area contributed by atoms with Crippen LogP contribution in [-0.2, 0) is 0 Å². The Hall–Kier alpha value is -2.48. The first-order valence-electron chi connectivity index (χ1n) is 6.30. The van der Waals surface area contributed by atoms with Crippen LogP contribution in [0.5, 0.6) is 11.5 Å². The van der Waals surface area contributed by atoms with Gasteiger partial charge in [0, 0.05) is 25.2 Å². The van der Waals surface area contributed by atoms with Crippen molar-refractivity contribution in [2.75, 3.05) is 32.7 Å². The average molecular weight is 271 g/mol. The van der Waals surface area contributed by atoms with E-state index in [-0.39, 0.29) is 0 Å². The van der Waals surface area contributed by atoms with Crippen molar-refractivity contribution < 1.29 is 9.47 Å². The van der Waals surface area contributed by atoms with Crippen LogP contribution in [0.2, 0.25) is 0 Å². The summed E-state index contributed by atoms with van der Waals surface area (Å²) in [5, 5.41) is 10.7. The Morgan fingerprint density at radius 1 is 1.25 bits per heavy atom. The summed E-state index contributed by atoms with van der Waals surface area (Å²) in [5.74, 6) is 2.19. The minimum absolute atomic E-state index is 0.460. The molecule has 0 saturated heterocycles. The molecule has 0 aliphatic carbocycles. The molecule has 104 valence electrons. The average Bonchev–Trinajstić information content (AvgIpc) is 2.50. The van der Waals surface area contributed by atoms with Crippen molar-refractivity contribution in [2.45, 2.75) is 6.42 Å². The zero-order valence-electron chi connectivity index (χ0n) is 11.9. The Labute approximate surface area is 118 Å². The highest BCUT2D eigenvalue weighted by molar-refractivity contribution is 5.94. The standard InChI is InChI=1S/C15H17N3O2/c1-18(8-4-6-16)15-12-10-14(20-3)13(19-2)9-11(12)5-7-17-15/h5,7,9-10H,4,8H2,1-3H3. The summed E-state index contributed by atoms with van der Waals surface area (Å²) >= 11 is 0. The molecular weight excluding hydrogens is 254 g/mol. The Kier molecular flexibility index (Phi) is 4.26. The Morgan fingerprint density at radius 2 is 1.95 bits per heavy atom. The number of fused-ring (bicyclic) bond motifs is 1. The van der Waals surface area contributed by atoms with Crippen molar-refractivity contribution in [1.82, 2.24) is 4.98 Å². The summed E-state index contributed by atoms with van der Waals surface area (Å²) in [6.07, 6.45) is 2.22. The summed E-state index contributed by atoms with van der Waals surface area (Å²) in [6.45, 7) is 0.636. The SMILES string of the molecule is COc1cc2ccnc(N(C)CCC#N)c2cc1OC. The van der Waals surface area contributed by atoms with Gasteiger partial charge in [-0.3, -0.25) is 0 Å². The van der Waals surface area contributed by atoms with Crippen molar-refractivity contribution >= 4 is 16.6 Å². The molecule has 0 spiro atoms. The first-order valence-corrected chi connectivity index (χ1v) is 6.30. The van der Waals surface area contributed by atoms with Crippen LogP contribution in [0.3, 0.4) is 0 Å². The van der Waals surface area contributed by atoms with E-state index in [1.165, 1.54) is 0 Å². The van der Waals surface area contributed by atoms with Crippen molar-refractivity contribution in [3.05, 3.63) is 24.4 Å². The summed E-state index contributed by atoms with van der Waals surface area (Å²) in [6, 6.07) is 7.92. The zero-order valence-corrected chi connectivity index (χ0v) is 11.9. The molecule has 0 saturated carbocycles. The molecule has 2 rings (SSSR count). The fourth-order valence-corrected chi connectivity index (χ4v) is 2.11. The second-order valence-electron chi connectivity index (χ2n) is 4.39. The minimum Gasteiger partial charge on any atom is -0.493 e. The van der Waals surface area contributed by atoms with Crippen molar-refractivity contribution in [1.29, 1.82) is 5.26 Å². The number of methoxy groups -OCH3 is 2. The molecule has 0 bridgehead atoms. The number of hydrogen-bond acceptors (Lipinski definition) is 5. The molecular formula is C15H17N3O2. The smallest absolute Gasteiger partial charge is 0.161 e. The number of aromatic nitrogens is 1. The molecule has 1 aromatic heterocycles. The number of pyridine rings is 1. The number of hydrogen-bond donors (Lipinski definition) is 0. The minimum atomic E-state index is 0.460. The second-order valence-corrected chi connectivity index (χ2v) is 4.39. The maximum absolute atomic E-state index is 8.69. The summed E-state index contributed by atoms with van der Waals surface area (Å²) < 4.78 is 10.6. The number of rotatable bonds is 5. The van der Waals surface area contributed by atoms with Gasteiger partial charge in [-0.15, -0.1) is 0 Å². The van der Waals surface area contributed by atoms with Crippen LogP contribution in [0.25, 0.3) is 10.8 Å². The maximum atomic E-state index is 8.69. The van der Waals surface area contributed by atoms with Gasteiger partial charge in [0.2, 0.25) is 0 Å². The number of nitrogens with zero attached hydrogens (tertiary/aromatic N) is 3. The van der Waals surface area contributed by atoms with Gasteiger partial charge in [0.25, 0.3) is 0 Å². The first kappa shape index (κ1) is 13.9. The topological polar surface area (TPSA) is 58.4 Å². The molecule has 1 heterocycles. The van der Waals surface area contributed by atoms with Crippen molar-refractivity contribution in [3.8, 4) is 17.6 Å². The molecule has 0 atom stereocenters. The van der Waals surface area contributed by atoms with Crippen LogP contribution in [0, 0.1) is 11.3 Å². The van der Waals surface area contributed by atoms with E-state index >= 15 is 0 Å². The van der Waals surface area contributed by atoms with Crippen LogP contribution in [-0.4, -0.2) is 32.8 Å². The van der Waals surface area contributed by atoms with E-state index in [1.807, 2.05) is 30.1 Å². The lowest BCUT2D eigenvalue weighted by molar-refractivity contribution is 0.356. The molecule has 5 nitrogen and oxygen atoms in total. The van der Waals surface area contributed by atoms with E-state index in [0.717, 1.165) is 16.6 Å². The van der Waals surface area contributed by atoms with E-state index in [1.54, 1.807) is 20.4 Å². The van der Waals surface area contributed by atoms with Gasteiger partial charge < -0.3 is 14.4 Å². The maximum Gasteiger partial charge on any atom is 0.161 e. The summed E-state index contributed by atoms with van der Waals surface area (Å²) in [5.41, 5.74) is 0. The number of benzene rings is 1. The monoisotopic (exact) mass is 271 g/mol. The van der Waals surface area contributed by atoms with E-state index < -0.39 is 0 Å². The third kappa shape index (κ3) is 2.59. The van der Waals surface area contributed by atoms with Crippen molar-refractivity contribution in [3.63, 3.8) is 0 Å². The zero-order chi connectivity index (χ0) is 14.5. The number of ether oxygens (including phenoxy) is 2. The van der Waals surface area contributed by atoms with Crippen LogP contribution in [0.4, 0.5) is 5.82 Å². The fraction of sp³-hybridized carbons (Fsp3) is 0.333. The lowest BCUT2D eigenvalue weighted by Crippen LogP contribution is -2.19. The molecule has 0 unspecified atom stereocenters. The van der Waals surface area contributed by atoms with E-state index in [4.69, 9.17) is 14.7 Å². The third-order valence-corrected chi connectivity index (χ3v) is 3.17.